The lowest BCUT2D eigenvalue weighted by atomic mass is 9.72. The fourth-order valence-electron chi connectivity index (χ4n) is 5.99. The number of hydrogen-bond acceptors (Lipinski definition) is 6. The standard InChI is InChI=1S/C28H28N6O3/c1-37-26-25(30-27(36)23-12-6-7-15-29-23)19-8-2-3-9-20(19)28(26)13-16-33(17-14-28)24(35)18-34-31-21-10-4-5-11-22(21)32-34/h2-12,15,25-26H,13-14,16-18H2,1H3,(H,30,36)/t25-,26+/m0/s1. The number of ether oxygens (including phenoxy) is 1. The van der Waals surface area contributed by atoms with E-state index >= 15 is 0 Å². The van der Waals surface area contributed by atoms with Crippen LogP contribution in [0.15, 0.2) is 72.9 Å². The van der Waals surface area contributed by atoms with Gasteiger partial charge in [0.1, 0.15) is 23.3 Å². The van der Waals surface area contributed by atoms with Crippen LogP contribution in [-0.2, 0) is 21.5 Å². The van der Waals surface area contributed by atoms with E-state index in [1.165, 1.54) is 10.4 Å². The summed E-state index contributed by atoms with van der Waals surface area (Å²) in [6.45, 7) is 1.29. The topological polar surface area (TPSA) is 102 Å². The Kier molecular flexibility index (Phi) is 5.92. The second kappa shape index (κ2) is 9.40. The SMILES string of the molecule is CO[C@@H]1[C@@H](NC(=O)c2ccccn2)c2ccccc2C12CCN(C(=O)Cn1nc3ccccc3n1)CC2. The first-order chi connectivity index (χ1) is 18.1. The van der Waals surface area contributed by atoms with Gasteiger partial charge in [-0.2, -0.15) is 15.0 Å². The molecule has 1 aliphatic heterocycles. The largest absolute Gasteiger partial charge is 0.378 e. The fourth-order valence-corrected chi connectivity index (χ4v) is 5.99. The molecule has 9 nitrogen and oxygen atoms in total. The van der Waals surface area contributed by atoms with E-state index in [1.807, 2.05) is 41.3 Å². The van der Waals surface area contributed by atoms with Crippen LogP contribution < -0.4 is 5.32 Å². The number of fused-ring (bicyclic) bond motifs is 3. The number of carbonyl (C=O) groups is 2. The number of nitrogens with one attached hydrogen (secondary N) is 1. The number of piperidine rings is 1. The second-order valence-electron chi connectivity index (χ2n) is 9.67. The summed E-state index contributed by atoms with van der Waals surface area (Å²) in [5, 5.41) is 12.0. The molecule has 1 spiro atoms. The number of carbonyl (C=O) groups excluding carboxylic acids is 2. The van der Waals surface area contributed by atoms with E-state index in [-0.39, 0.29) is 35.9 Å². The Bertz CT molecular complexity index is 1410. The van der Waals surface area contributed by atoms with Crippen LogP contribution in [0.5, 0.6) is 0 Å². The zero-order valence-electron chi connectivity index (χ0n) is 20.6. The van der Waals surface area contributed by atoms with Gasteiger partial charge in [-0.1, -0.05) is 42.5 Å². The molecule has 2 aliphatic rings. The van der Waals surface area contributed by atoms with E-state index in [0.717, 1.165) is 29.4 Å². The highest BCUT2D eigenvalue weighted by atomic mass is 16.5. The van der Waals surface area contributed by atoms with E-state index in [2.05, 4.69) is 32.6 Å². The Morgan fingerprint density at radius 2 is 1.65 bits per heavy atom. The summed E-state index contributed by atoms with van der Waals surface area (Å²) < 4.78 is 6.10. The molecule has 6 rings (SSSR count). The van der Waals surface area contributed by atoms with Gasteiger partial charge in [0.15, 0.2) is 0 Å². The van der Waals surface area contributed by atoms with E-state index in [9.17, 15) is 9.59 Å². The second-order valence-corrected chi connectivity index (χ2v) is 9.67. The van der Waals surface area contributed by atoms with Crippen molar-refractivity contribution >= 4 is 22.8 Å². The number of nitrogens with zero attached hydrogens (tertiary/aromatic N) is 5. The zero-order chi connectivity index (χ0) is 25.4. The molecular formula is C28H28N6O3. The number of pyridine rings is 1. The summed E-state index contributed by atoms with van der Waals surface area (Å²) in [6, 6.07) is 20.8. The van der Waals surface area contributed by atoms with Crippen molar-refractivity contribution < 1.29 is 14.3 Å². The molecule has 2 atom stereocenters. The number of methoxy groups -OCH3 is 1. The molecule has 4 aromatic rings. The highest BCUT2D eigenvalue weighted by molar-refractivity contribution is 5.92. The Morgan fingerprint density at radius 1 is 0.973 bits per heavy atom. The van der Waals surface area contributed by atoms with Gasteiger partial charge in [0.05, 0.1) is 12.1 Å². The zero-order valence-corrected chi connectivity index (χ0v) is 20.6. The predicted octanol–water partition coefficient (Wildman–Crippen LogP) is 2.89. The Balaban J connectivity index is 1.21. The minimum atomic E-state index is -0.307. The van der Waals surface area contributed by atoms with Crippen LogP contribution in [0.2, 0.25) is 0 Å². The summed E-state index contributed by atoms with van der Waals surface area (Å²) in [7, 11) is 1.70. The third-order valence-corrected chi connectivity index (χ3v) is 7.73. The lowest BCUT2D eigenvalue weighted by Crippen LogP contribution is -2.52. The molecule has 1 fully saturated rings. The first-order valence-electron chi connectivity index (χ1n) is 12.5. The molecule has 0 radical (unpaired) electrons. The molecule has 37 heavy (non-hydrogen) atoms. The number of rotatable bonds is 5. The smallest absolute Gasteiger partial charge is 0.270 e. The molecule has 2 aromatic carbocycles. The molecule has 0 bridgehead atoms. The van der Waals surface area contributed by atoms with Gasteiger partial charge < -0.3 is 15.0 Å². The van der Waals surface area contributed by atoms with Gasteiger partial charge in [-0.15, -0.1) is 0 Å². The van der Waals surface area contributed by atoms with Crippen LogP contribution in [0.1, 0.15) is 40.5 Å². The number of aromatic nitrogens is 4. The van der Waals surface area contributed by atoms with E-state index in [1.54, 1.807) is 31.5 Å². The molecule has 1 N–H and O–H groups in total. The molecule has 3 heterocycles. The quantitative estimate of drug-likeness (QED) is 0.456. The number of hydrogen-bond donors (Lipinski definition) is 1. The molecule has 0 unspecified atom stereocenters. The molecule has 1 aliphatic carbocycles. The summed E-state index contributed by atoms with van der Waals surface area (Å²) >= 11 is 0. The number of likely N-dealkylation sites (tertiary alicyclic amines) is 1. The van der Waals surface area contributed by atoms with Crippen molar-refractivity contribution in [1.82, 2.24) is 30.2 Å². The van der Waals surface area contributed by atoms with Gasteiger partial charge >= 0.3 is 0 Å². The van der Waals surface area contributed by atoms with Gasteiger partial charge in [0.2, 0.25) is 5.91 Å². The van der Waals surface area contributed by atoms with Crippen LogP contribution in [0.3, 0.4) is 0 Å². The average Bonchev–Trinajstić information content (AvgIpc) is 3.46. The minimum absolute atomic E-state index is 0.00425. The van der Waals surface area contributed by atoms with Crippen LogP contribution in [-0.4, -0.2) is 63.0 Å². The Morgan fingerprint density at radius 3 is 2.32 bits per heavy atom. The van der Waals surface area contributed by atoms with Gasteiger partial charge in [-0.3, -0.25) is 14.6 Å². The predicted molar refractivity (Wildman–Crippen MR) is 137 cm³/mol. The number of amides is 2. The number of benzene rings is 2. The van der Waals surface area contributed by atoms with Crippen LogP contribution in [0.25, 0.3) is 11.0 Å². The lowest BCUT2D eigenvalue weighted by Gasteiger charge is -2.44. The van der Waals surface area contributed by atoms with E-state index in [4.69, 9.17) is 4.74 Å². The van der Waals surface area contributed by atoms with Gasteiger partial charge in [-0.05, 0) is 48.2 Å². The summed E-state index contributed by atoms with van der Waals surface area (Å²) in [5.74, 6) is -0.235. The summed E-state index contributed by atoms with van der Waals surface area (Å²) in [6.07, 6.45) is 2.83. The van der Waals surface area contributed by atoms with Crippen LogP contribution in [0, 0.1) is 0 Å². The van der Waals surface area contributed by atoms with Gasteiger partial charge in [0, 0.05) is 31.8 Å². The van der Waals surface area contributed by atoms with Crippen molar-refractivity contribution in [2.75, 3.05) is 20.2 Å². The summed E-state index contributed by atoms with van der Waals surface area (Å²) in [5.41, 5.74) is 3.86. The van der Waals surface area contributed by atoms with Crippen molar-refractivity contribution in [3.63, 3.8) is 0 Å². The maximum Gasteiger partial charge on any atom is 0.270 e. The van der Waals surface area contributed by atoms with Crippen molar-refractivity contribution in [2.24, 2.45) is 0 Å². The molecule has 9 heteroatoms. The lowest BCUT2D eigenvalue weighted by molar-refractivity contribution is -0.135. The first kappa shape index (κ1) is 23.3. The fraction of sp³-hybridized carbons (Fsp3) is 0.321. The minimum Gasteiger partial charge on any atom is -0.378 e. The van der Waals surface area contributed by atoms with Gasteiger partial charge in [0.25, 0.3) is 5.91 Å². The monoisotopic (exact) mass is 496 g/mol. The van der Waals surface area contributed by atoms with E-state index in [0.29, 0.717) is 18.8 Å². The molecule has 0 saturated carbocycles. The molecule has 188 valence electrons. The maximum atomic E-state index is 13.1. The van der Waals surface area contributed by atoms with E-state index < -0.39 is 0 Å². The van der Waals surface area contributed by atoms with Crippen molar-refractivity contribution in [3.05, 3.63) is 89.7 Å². The average molecular weight is 497 g/mol. The summed E-state index contributed by atoms with van der Waals surface area (Å²) in [4.78, 5) is 33.7. The highest BCUT2D eigenvalue weighted by Crippen LogP contribution is 2.52. The van der Waals surface area contributed by atoms with Crippen LogP contribution >= 0.6 is 0 Å². The van der Waals surface area contributed by atoms with Crippen molar-refractivity contribution in [3.8, 4) is 0 Å². The molecule has 2 amide bonds. The normalized spacial score (nSPS) is 20.2. The van der Waals surface area contributed by atoms with Gasteiger partial charge in [-0.25, -0.2) is 0 Å². The van der Waals surface area contributed by atoms with Crippen molar-refractivity contribution in [1.29, 1.82) is 0 Å². The van der Waals surface area contributed by atoms with Crippen molar-refractivity contribution in [2.45, 2.75) is 36.9 Å². The first-order valence-corrected chi connectivity index (χ1v) is 12.5. The molecule has 1 saturated heterocycles. The molecule has 2 aromatic heterocycles. The molecular weight excluding hydrogens is 468 g/mol. The Hall–Kier alpha value is -4.11. The third kappa shape index (κ3) is 4.05. The maximum absolute atomic E-state index is 13.1. The van der Waals surface area contributed by atoms with Crippen LogP contribution in [0.4, 0.5) is 0 Å². The Labute approximate surface area is 214 Å². The third-order valence-electron chi connectivity index (χ3n) is 7.73. The highest BCUT2D eigenvalue weighted by Gasteiger charge is 2.54.